The number of ether oxygens (including phenoxy) is 1. The molecule has 0 saturated carbocycles. The Morgan fingerprint density at radius 1 is 1.19 bits per heavy atom. The number of hydrogen-bond acceptors (Lipinski definition) is 2. The van der Waals surface area contributed by atoms with E-state index in [1.807, 2.05) is 30.3 Å². The molecule has 1 unspecified atom stereocenters. The molecule has 1 rings (SSSR count). The molecule has 3 nitrogen and oxygen atoms in total. The maximum absolute atomic E-state index is 9.25. The Balaban J connectivity index is 0.000000690. The molecule has 3 heteroatoms. The Morgan fingerprint density at radius 2 is 1.81 bits per heavy atom. The van der Waals surface area contributed by atoms with Crippen LogP contribution in [-0.4, -0.2) is 17.2 Å². The third-order valence-electron chi connectivity index (χ3n) is 2.96. The molecule has 0 amide bonds. The van der Waals surface area contributed by atoms with E-state index >= 15 is 0 Å². The molecule has 0 fully saturated rings. The molecule has 118 valence electrons. The Bertz CT molecular complexity index is 373. The lowest BCUT2D eigenvalue weighted by molar-refractivity contribution is -0.131. The number of carboxylic acid groups (broad SMARTS) is 1. The minimum Gasteiger partial charge on any atom is -0.490 e. The monoisotopic (exact) mass is 292 g/mol. The summed E-state index contributed by atoms with van der Waals surface area (Å²) in [5.74, 6) is 0.0300. The van der Waals surface area contributed by atoms with Gasteiger partial charge in [0, 0.05) is 6.08 Å². The number of rotatable bonds is 9. The second-order valence-corrected chi connectivity index (χ2v) is 4.88. The van der Waals surface area contributed by atoms with Crippen molar-refractivity contribution in [2.75, 3.05) is 0 Å². The Hall–Kier alpha value is -1.77. The van der Waals surface area contributed by atoms with Gasteiger partial charge in [-0.3, -0.25) is 0 Å². The highest BCUT2D eigenvalue weighted by molar-refractivity contribution is 5.78. The van der Waals surface area contributed by atoms with Gasteiger partial charge in [-0.1, -0.05) is 57.9 Å². The summed E-state index contributed by atoms with van der Waals surface area (Å²) in [5.41, 5.74) is 0. The van der Waals surface area contributed by atoms with E-state index in [1.165, 1.54) is 38.5 Å². The first kappa shape index (κ1) is 19.2. The van der Waals surface area contributed by atoms with E-state index in [2.05, 4.69) is 20.4 Å². The number of para-hydroxylation sites is 1. The van der Waals surface area contributed by atoms with Gasteiger partial charge >= 0.3 is 5.97 Å². The highest BCUT2D eigenvalue weighted by Gasteiger charge is 2.08. The summed E-state index contributed by atoms with van der Waals surface area (Å²) in [7, 11) is 0. The van der Waals surface area contributed by atoms with E-state index in [1.54, 1.807) is 0 Å². The Kier molecular flexibility index (Phi) is 12.1. The summed E-state index contributed by atoms with van der Waals surface area (Å²) in [6, 6.07) is 10.2. The largest absolute Gasteiger partial charge is 0.490 e. The van der Waals surface area contributed by atoms with Crippen LogP contribution in [0, 0.1) is 0 Å². The summed E-state index contributed by atoms with van der Waals surface area (Å²) in [5, 5.41) is 7.60. The van der Waals surface area contributed by atoms with Gasteiger partial charge in [-0.2, -0.15) is 0 Å². The average Bonchev–Trinajstić information content (AvgIpc) is 2.49. The van der Waals surface area contributed by atoms with Gasteiger partial charge in [0.05, 0.1) is 6.10 Å². The van der Waals surface area contributed by atoms with E-state index in [9.17, 15) is 4.79 Å². The molecule has 1 aromatic rings. The van der Waals surface area contributed by atoms with E-state index in [0.29, 0.717) is 6.10 Å². The van der Waals surface area contributed by atoms with Crippen LogP contribution in [0.25, 0.3) is 0 Å². The highest BCUT2D eigenvalue weighted by Crippen LogP contribution is 2.17. The van der Waals surface area contributed by atoms with Crippen LogP contribution in [0.5, 0.6) is 5.75 Å². The first-order valence-corrected chi connectivity index (χ1v) is 7.71. The number of unbranched alkanes of at least 4 members (excludes halogenated alkanes) is 2. The standard InChI is InChI=1S/C15H24O.C3H4O2/c1-3-5-7-11-14(10-4-2)16-15-12-8-6-9-13-15;1-2-3(4)5/h6,8-9,12-14H,3-5,7,10-11H2,1-2H3;2H,1H2,(H,4,5). The second kappa shape index (κ2) is 13.2. The first-order chi connectivity index (χ1) is 10.1. The van der Waals surface area contributed by atoms with E-state index < -0.39 is 5.97 Å². The SMILES string of the molecule is C=CC(=O)O.CCCCCC(CCC)Oc1ccccc1. The summed E-state index contributed by atoms with van der Waals surface area (Å²) < 4.78 is 6.00. The lowest BCUT2D eigenvalue weighted by Gasteiger charge is -2.18. The van der Waals surface area contributed by atoms with E-state index in [0.717, 1.165) is 11.8 Å². The molecular weight excluding hydrogens is 264 g/mol. The average molecular weight is 292 g/mol. The number of carbonyl (C=O) groups is 1. The van der Waals surface area contributed by atoms with E-state index in [4.69, 9.17) is 9.84 Å². The first-order valence-electron chi connectivity index (χ1n) is 7.71. The number of benzene rings is 1. The topological polar surface area (TPSA) is 46.5 Å². The predicted octanol–water partition coefficient (Wildman–Crippen LogP) is 5.07. The molecule has 1 atom stereocenters. The Morgan fingerprint density at radius 3 is 2.29 bits per heavy atom. The lowest BCUT2D eigenvalue weighted by Crippen LogP contribution is -2.16. The maximum Gasteiger partial charge on any atom is 0.327 e. The molecule has 21 heavy (non-hydrogen) atoms. The molecule has 0 radical (unpaired) electrons. The molecule has 1 aromatic carbocycles. The molecule has 0 aliphatic carbocycles. The molecule has 0 heterocycles. The molecule has 0 aliphatic rings. The van der Waals surface area contributed by atoms with Crippen LogP contribution in [0.15, 0.2) is 43.0 Å². The van der Waals surface area contributed by atoms with Gasteiger partial charge in [0.1, 0.15) is 5.75 Å². The van der Waals surface area contributed by atoms with Crippen LogP contribution in [-0.2, 0) is 4.79 Å². The van der Waals surface area contributed by atoms with Gasteiger partial charge in [0.25, 0.3) is 0 Å². The second-order valence-electron chi connectivity index (χ2n) is 4.88. The number of hydrogen-bond donors (Lipinski definition) is 1. The van der Waals surface area contributed by atoms with Gasteiger partial charge < -0.3 is 9.84 Å². The van der Waals surface area contributed by atoms with Crippen LogP contribution in [0.1, 0.15) is 52.4 Å². The van der Waals surface area contributed by atoms with E-state index in [-0.39, 0.29) is 0 Å². The van der Waals surface area contributed by atoms with Crippen molar-refractivity contribution >= 4 is 5.97 Å². The molecule has 0 aliphatic heterocycles. The third-order valence-corrected chi connectivity index (χ3v) is 2.96. The lowest BCUT2D eigenvalue weighted by atomic mass is 10.1. The van der Waals surface area contributed by atoms with Crippen LogP contribution < -0.4 is 4.74 Å². The zero-order valence-corrected chi connectivity index (χ0v) is 13.3. The summed E-state index contributed by atoms with van der Waals surface area (Å²) >= 11 is 0. The summed E-state index contributed by atoms with van der Waals surface area (Å²) in [6.07, 6.45) is 8.67. The predicted molar refractivity (Wildman–Crippen MR) is 87.7 cm³/mol. The van der Waals surface area contributed by atoms with Crippen molar-refractivity contribution in [2.45, 2.75) is 58.5 Å². The smallest absolute Gasteiger partial charge is 0.327 e. The normalized spacial score (nSPS) is 11.0. The zero-order chi connectivity index (χ0) is 15.9. The minimum atomic E-state index is -0.981. The highest BCUT2D eigenvalue weighted by atomic mass is 16.5. The fraction of sp³-hybridized carbons (Fsp3) is 0.500. The fourth-order valence-corrected chi connectivity index (χ4v) is 1.90. The van der Waals surface area contributed by atoms with Crippen molar-refractivity contribution in [1.29, 1.82) is 0 Å². The Labute approximate surface area is 128 Å². The third kappa shape index (κ3) is 11.7. The molecule has 1 N–H and O–H groups in total. The van der Waals surface area contributed by atoms with Gasteiger partial charge in [0.15, 0.2) is 0 Å². The van der Waals surface area contributed by atoms with Crippen LogP contribution >= 0.6 is 0 Å². The quantitative estimate of drug-likeness (QED) is 0.510. The number of aliphatic carboxylic acids is 1. The van der Waals surface area contributed by atoms with Crippen LogP contribution in [0.4, 0.5) is 0 Å². The van der Waals surface area contributed by atoms with Gasteiger partial charge in [-0.15, -0.1) is 0 Å². The molecule has 0 saturated heterocycles. The molecular formula is C18H28O3. The van der Waals surface area contributed by atoms with Crippen molar-refractivity contribution in [1.82, 2.24) is 0 Å². The van der Waals surface area contributed by atoms with Crippen molar-refractivity contribution in [3.05, 3.63) is 43.0 Å². The van der Waals surface area contributed by atoms with Crippen LogP contribution in [0.2, 0.25) is 0 Å². The van der Waals surface area contributed by atoms with Crippen LogP contribution in [0.3, 0.4) is 0 Å². The zero-order valence-electron chi connectivity index (χ0n) is 13.3. The minimum absolute atomic E-state index is 0.402. The maximum atomic E-state index is 9.25. The van der Waals surface area contributed by atoms with Gasteiger partial charge in [-0.25, -0.2) is 4.79 Å². The van der Waals surface area contributed by atoms with Crippen molar-refractivity contribution in [2.24, 2.45) is 0 Å². The summed E-state index contributed by atoms with van der Waals surface area (Å²) in [4.78, 5) is 9.25. The number of carboxylic acids is 1. The fourth-order valence-electron chi connectivity index (χ4n) is 1.90. The van der Waals surface area contributed by atoms with Crippen molar-refractivity contribution in [3.8, 4) is 5.75 Å². The van der Waals surface area contributed by atoms with Crippen molar-refractivity contribution in [3.63, 3.8) is 0 Å². The molecule has 0 aromatic heterocycles. The van der Waals surface area contributed by atoms with Gasteiger partial charge in [0.2, 0.25) is 0 Å². The van der Waals surface area contributed by atoms with Crippen molar-refractivity contribution < 1.29 is 14.6 Å². The molecule has 0 bridgehead atoms. The van der Waals surface area contributed by atoms with Gasteiger partial charge in [-0.05, 0) is 31.4 Å². The molecule has 0 spiro atoms. The summed E-state index contributed by atoms with van der Waals surface area (Å²) in [6.45, 7) is 7.43.